The lowest BCUT2D eigenvalue weighted by atomic mass is 10.1. The van der Waals surface area contributed by atoms with Crippen LogP contribution in [0.3, 0.4) is 0 Å². The lowest BCUT2D eigenvalue weighted by molar-refractivity contribution is -0.138. The topological polar surface area (TPSA) is 40.5 Å². The Balaban J connectivity index is 3.11. The summed E-state index contributed by atoms with van der Waals surface area (Å²) >= 11 is 11.8. The second-order valence-corrected chi connectivity index (χ2v) is 4.55. The Labute approximate surface area is 111 Å². The van der Waals surface area contributed by atoms with E-state index in [0.717, 1.165) is 5.69 Å². The van der Waals surface area contributed by atoms with Crippen LogP contribution in [0.4, 0.5) is 5.69 Å². The number of hydrogen-bond acceptors (Lipinski definition) is 2. The fourth-order valence-electron chi connectivity index (χ4n) is 1.82. The first-order chi connectivity index (χ1) is 7.99. The van der Waals surface area contributed by atoms with E-state index in [1.807, 2.05) is 13.8 Å². The molecule has 0 radical (unpaired) electrons. The molecule has 0 saturated heterocycles. The Morgan fingerprint density at radius 3 is 2.18 bits per heavy atom. The summed E-state index contributed by atoms with van der Waals surface area (Å²) in [5, 5.41) is 10.2. The zero-order chi connectivity index (χ0) is 13.0. The van der Waals surface area contributed by atoms with Crippen LogP contribution in [0.2, 0.25) is 10.0 Å². The maximum absolute atomic E-state index is 11.2. The standard InChI is InChI=1S/C12H15Cl2NO2/c1-3-11(12(16)17)15(4-2)10-6-8(13)5-9(14)7-10/h5-7,11H,3-4H2,1-2H3,(H,16,17). The van der Waals surface area contributed by atoms with Gasteiger partial charge in [0, 0.05) is 22.3 Å². The van der Waals surface area contributed by atoms with Crippen LogP contribution in [0.5, 0.6) is 0 Å². The van der Waals surface area contributed by atoms with Crippen molar-refractivity contribution in [2.24, 2.45) is 0 Å². The molecule has 0 amide bonds. The highest BCUT2D eigenvalue weighted by molar-refractivity contribution is 6.35. The number of nitrogens with zero attached hydrogens (tertiary/aromatic N) is 1. The third-order valence-corrected chi connectivity index (χ3v) is 3.00. The number of carboxylic acids is 1. The minimum absolute atomic E-state index is 0.506. The fourth-order valence-corrected chi connectivity index (χ4v) is 2.33. The predicted octanol–water partition coefficient (Wildman–Crippen LogP) is 3.68. The summed E-state index contributed by atoms with van der Waals surface area (Å²) < 4.78 is 0. The summed E-state index contributed by atoms with van der Waals surface area (Å²) in [6, 6.07) is 4.52. The predicted molar refractivity (Wildman–Crippen MR) is 71.2 cm³/mol. The molecule has 1 aromatic carbocycles. The molecule has 0 heterocycles. The minimum Gasteiger partial charge on any atom is -0.480 e. The molecule has 5 heteroatoms. The van der Waals surface area contributed by atoms with Gasteiger partial charge in [-0.15, -0.1) is 0 Å². The molecule has 1 atom stereocenters. The number of hydrogen-bond donors (Lipinski definition) is 1. The van der Waals surface area contributed by atoms with E-state index in [9.17, 15) is 4.79 Å². The lowest BCUT2D eigenvalue weighted by Gasteiger charge is -2.29. The summed E-state index contributed by atoms with van der Waals surface area (Å²) in [5.41, 5.74) is 0.735. The molecular formula is C12H15Cl2NO2. The molecule has 0 aromatic heterocycles. The van der Waals surface area contributed by atoms with Gasteiger partial charge in [0.25, 0.3) is 0 Å². The van der Waals surface area contributed by atoms with Crippen LogP contribution in [-0.4, -0.2) is 23.7 Å². The number of carbonyl (C=O) groups is 1. The van der Waals surface area contributed by atoms with Gasteiger partial charge in [0.15, 0.2) is 0 Å². The van der Waals surface area contributed by atoms with E-state index in [-0.39, 0.29) is 0 Å². The molecule has 0 saturated carbocycles. The van der Waals surface area contributed by atoms with Crippen LogP contribution in [0.1, 0.15) is 20.3 Å². The van der Waals surface area contributed by atoms with E-state index >= 15 is 0 Å². The number of halogens is 2. The van der Waals surface area contributed by atoms with Crippen LogP contribution in [-0.2, 0) is 4.79 Å². The Morgan fingerprint density at radius 1 is 1.29 bits per heavy atom. The zero-order valence-electron chi connectivity index (χ0n) is 9.78. The fraction of sp³-hybridized carbons (Fsp3) is 0.417. The summed E-state index contributed by atoms with van der Waals surface area (Å²) in [5.74, 6) is -0.842. The third-order valence-electron chi connectivity index (χ3n) is 2.57. The molecule has 0 bridgehead atoms. The van der Waals surface area contributed by atoms with E-state index in [1.54, 1.807) is 23.1 Å². The Kier molecular flexibility index (Phi) is 5.09. The Bertz CT molecular complexity index is 389. The summed E-state index contributed by atoms with van der Waals surface area (Å²) in [4.78, 5) is 12.9. The van der Waals surface area contributed by atoms with Gasteiger partial charge in [0.05, 0.1) is 0 Å². The van der Waals surface area contributed by atoms with Gasteiger partial charge in [-0.2, -0.15) is 0 Å². The normalized spacial score (nSPS) is 12.2. The average molecular weight is 276 g/mol. The summed E-state index contributed by atoms with van der Waals surface area (Å²) in [6.45, 7) is 4.33. The third kappa shape index (κ3) is 3.51. The number of benzene rings is 1. The van der Waals surface area contributed by atoms with Crippen molar-refractivity contribution in [3.8, 4) is 0 Å². The Morgan fingerprint density at radius 2 is 1.82 bits per heavy atom. The van der Waals surface area contributed by atoms with Crippen LogP contribution in [0, 0.1) is 0 Å². The highest BCUT2D eigenvalue weighted by atomic mass is 35.5. The smallest absolute Gasteiger partial charge is 0.326 e. The van der Waals surface area contributed by atoms with Gasteiger partial charge >= 0.3 is 5.97 Å². The quantitative estimate of drug-likeness (QED) is 0.891. The molecule has 0 aliphatic heterocycles. The van der Waals surface area contributed by atoms with E-state index < -0.39 is 12.0 Å². The lowest BCUT2D eigenvalue weighted by Crippen LogP contribution is -2.40. The SMILES string of the molecule is CCC(C(=O)O)N(CC)c1cc(Cl)cc(Cl)c1. The van der Waals surface area contributed by atoms with Gasteiger partial charge in [0.2, 0.25) is 0 Å². The maximum Gasteiger partial charge on any atom is 0.326 e. The van der Waals surface area contributed by atoms with Crippen LogP contribution in [0.25, 0.3) is 0 Å². The molecular weight excluding hydrogens is 261 g/mol. The highest BCUT2D eigenvalue weighted by Gasteiger charge is 2.23. The van der Waals surface area contributed by atoms with Crippen molar-refractivity contribution in [1.82, 2.24) is 0 Å². The molecule has 1 aromatic rings. The van der Waals surface area contributed by atoms with Gasteiger partial charge in [-0.3, -0.25) is 0 Å². The molecule has 0 fully saturated rings. The largest absolute Gasteiger partial charge is 0.480 e. The molecule has 3 nitrogen and oxygen atoms in total. The van der Waals surface area contributed by atoms with Crippen molar-refractivity contribution in [2.75, 3.05) is 11.4 Å². The molecule has 1 unspecified atom stereocenters. The van der Waals surface area contributed by atoms with Crippen LogP contribution < -0.4 is 4.90 Å². The van der Waals surface area contributed by atoms with Gasteiger partial charge in [0.1, 0.15) is 6.04 Å². The number of likely N-dealkylation sites (N-methyl/N-ethyl adjacent to an activating group) is 1. The first kappa shape index (κ1) is 14.1. The highest BCUT2D eigenvalue weighted by Crippen LogP contribution is 2.27. The molecule has 94 valence electrons. The van der Waals surface area contributed by atoms with E-state index in [2.05, 4.69) is 0 Å². The number of aliphatic carboxylic acids is 1. The van der Waals surface area contributed by atoms with Crippen molar-refractivity contribution in [3.63, 3.8) is 0 Å². The van der Waals surface area contributed by atoms with Crippen molar-refractivity contribution >= 4 is 34.9 Å². The second-order valence-electron chi connectivity index (χ2n) is 3.68. The van der Waals surface area contributed by atoms with E-state index in [1.165, 1.54) is 0 Å². The Hall–Kier alpha value is -0.930. The summed E-state index contributed by atoms with van der Waals surface area (Å²) in [7, 11) is 0. The van der Waals surface area contributed by atoms with Gasteiger partial charge in [-0.05, 0) is 31.5 Å². The minimum atomic E-state index is -0.842. The summed E-state index contributed by atoms with van der Waals surface area (Å²) in [6.07, 6.45) is 0.521. The second kappa shape index (κ2) is 6.12. The van der Waals surface area contributed by atoms with Crippen molar-refractivity contribution < 1.29 is 9.90 Å². The first-order valence-corrected chi connectivity index (χ1v) is 6.20. The van der Waals surface area contributed by atoms with Gasteiger partial charge in [-0.25, -0.2) is 4.79 Å². The number of rotatable bonds is 5. The molecule has 0 aliphatic rings. The van der Waals surface area contributed by atoms with Crippen molar-refractivity contribution in [2.45, 2.75) is 26.3 Å². The van der Waals surface area contributed by atoms with Crippen molar-refractivity contribution in [1.29, 1.82) is 0 Å². The molecule has 1 N–H and O–H groups in total. The van der Waals surface area contributed by atoms with Gasteiger partial charge in [-0.1, -0.05) is 30.1 Å². The first-order valence-electron chi connectivity index (χ1n) is 5.45. The number of carboxylic acid groups (broad SMARTS) is 1. The monoisotopic (exact) mass is 275 g/mol. The van der Waals surface area contributed by atoms with Crippen molar-refractivity contribution in [3.05, 3.63) is 28.2 Å². The molecule has 0 aliphatic carbocycles. The van der Waals surface area contributed by atoms with Crippen LogP contribution in [0.15, 0.2) is 18.2 Å². The van der Waals surface area contributed by atoms with E-state index in [0.29, 0.717) is 23.0 Å². The molecule has 0 spiro atoms. The average Bonchev–Trinajstić information content (AvgIpc) is 2.23. The molecule has 1 rings (SSSR count). The van der Waals surface area contributed by atoms with E-state index in [4.69, 9.17) is 28.3 Å². The van der Waals surface area contributed by atoms with Gasteiger partial charge < -0.3 is 10.0 Å². The molecule has 17 heavy (non-hydrogen) atoms. The maximum atomic E-state index is 11.2. The van der Waals surface area contributed by atoms with Crippen LogP contribution >= 0.6 is 23.2 Å². The number of anilines is 1. The zero-order valence-corrected chi connectivity index (χ0v) is 11.3.